The molecule has 7 nitrogen and oxygen atoms in total. The van der Waals surface area contributed by atoms with Crippen molar-refractivity contribution in [2.24, 2.45) is 0 Å². The molecular weight excluding hydrogens is 414 g/mol. The zero-order valence-electron chi connectivity index (χ0n) is 15.4. The number of anilines is 1. The first-order valence-electron chi connectivity index (χ1n) is 8.53. The molecule has 0 saturated carbocycles. The van der Waals surface area contributed by atoms with Crippen LogP contribution < -0.4 is 14.8 Å². The van der Waals surface area contributed by atoms with Crippen LogP contribution in [-0.4, -0.2) is 26.4 Å². The standard InChI is InChI=1S/C20H18ClN3O4S/c1-28-19-9-8-14(12-22-19)13-23-20(25)15-4-2-7-18(10-15)29(26,27)24-17-6-3-5-16(21)11-17/h2-12,24H,13H2,1H3,(H,23,25). The zero-order valence-corrected chi connectivity index (χ0v) is 17.0. The summed E-state index contributed by atoms with van der Waals surface area (Å²) in [4.78, 5) is 16.5. The fourth-order valence-electron chi connectivity index (χ4n) is 2.49. The molecule has 29 heavy (non-hydrogen) atoms. The highest BCUT2D eigenvalue weighted by Gasteiger charge is 2.16. The highest BCUT2D eigenvalue weighted by molar-refractivity contribution is 7.92. The van der Waals surface area contributed by atoms with E-state index < -0.39 is 15.9 Å². The minimum atomic E-state index is -3.87. The van der Waals surface area contributed by atoms with Crippen LogP contribution >= 0.6 is 11.6 Å². The van der Waals surface area contributed by atoms with E-state index in [1.165, 1.54) is 31.4 Å². The molecule has 0 aliphatic heterocycles. The lowest BCUT2D eigenvalue weighted by Gasteiger charge is -2.10. The molecule has 3 rings (SSSR count). The number of sulfonamides is 1. The van der Waals surface area contributed by atoms with Gasteiger partial charge in [-0.15, -0.1) is 0 Å². The van der Waals surface area contributed by atoms with Gasteiger partial charge in [0, 0.05) is 29.4 Å². The van der Waals surface area contributed by atoms with E-state index in [0.29, 0.717) is 16.6 Å². The second-order valence-corrected chi connectivity index (χ2v) is 8.15. The summed E-state index contributed by atoms with van der Waals surface area (Å²) in [6.45, 7) is 0.244. The summed E-state index contributed by atoms with van der Waals surface area (Å²) in [6.07, 6.45) is 1.59. The molecule has 2 aromatic carbocycles. The Morgan fingerprint density at radius 1 is 1.10 bits per heavy atom. The Hall–Kier alpha value is -3.10. The summed E-state index contributed by atoms with van der Waals surface area (Å²) in [5, 5.41) is 3.14. The Morgan fingerprint density at radius 2 is 1.90 bits per heavy atom. The molecule has 1 heterocycles. The van der Waals surface area contributed by atoms with Crippen molar-refractivity contribution in [3.05, 3.63) is 83.0 Å². The van der Waals surface area contributed by atoms with Crippen LogP contribution in [0.2, 0.25) is 5.02 Å². The number of pyridine rings is 1. The van der Waals surface area contributed by atoms with E-state index in [9.17, 15) is 13.2 Å². The average Bonchev–Trinajstić information content (AvgIpc) is 2.72. The van der Waals surface area contributed by atoms with Gasteiger partial charge in [-0.25, -0.2) is 13.4 Å². The van der Waals surface area contributed by atoms with Gasteiger partial charge < -0.3 is 10.1 Å². The Kier molecular flexibility index (Phi) is 6.36. The van der Waals surface area contributed by atoms with E-state index in [-0.39, 0.29) is 17.0 Å². The smallest absolute Gasteiger partial charge is 0.261 e. The maximum absolute atomic E-state index is 12.6. The van der Waals surface area contributed by atoms with Gasteiger partial charge in [0.15, 0.2) is 0 Å². The molecule has 2 N–H and O–H groups in total. The van der Waals surface area contributed by atoms with Crippen LogP contribution in [0.15, 0.2) is 71.8 Å². The number of rotatable bonds is 7. The van der Waals surface area contributed by atoms with E-state index in [1.54, 1.807) is 42.6 Å². The van der Waals surface area contributed by atoms with Crippen molar-refractivity contribution >= 4 is 33.2 Å². The normalized spacial score (nSPS) is 11.0. The molecule has 0 fully saturated rings. The Bertz CT molecular complexity index is 1120. The Labute approximate surface area is 173 Å². The molecule has 0 radical (unpaired) electrons. The topological polar surface area (TPSA) is 97.4 Å². The van der Waals surface area contributed by atoms with Crippen LogP contribution in [0, 0.1) is 0 Å². The number of benzene rings is 2. The Morgan fingerprint density at radius 3 is 2.59 bits per heavy atom. The molecule has 0 atom stereocenters. The van der Waals surface area contributed by atoms with Gasteiger partial charge in [-0.3, -0.25) is 9.52 Å². The summed E-state index contributed by atoms with van der Waals surface area (Å²) >= 11 is 5.89. The number of aromatic nitrogens is 1. The molecule has 9 heteroatoms. The van der Waals surface area contributed by atoms with E-state index in [0.717, 1.165) is 5.56 Å². The lowest BCUT2D eigenvalue weighted by atomic mass is 10.2. The second kappa shape index (κ2) is 8.93. The minimum absolute atomic E-state index is 0.0313. The van der Waals surface area contributed by atoms with Gasteiger partial charge in [-0.05, 0) is 42.0 Å². The van der Waals surface area contributed by atoms with Crippen molar-refractivity contribution < 1.29 is 17.9 Å². The third-order valence-electron chi connectivity index (χ3n) is 3.94. The van der Waals surface area contributed by atoms with Gasteiger partial charge in [0.05, 0.1) is 17.7 Å². The number of carbonyl (C=O) groups is 1. The third-order valence-corrected chi connectivity index (χ3v) is 5.56. The molecule has 0 spiro atoms. The number of hydrogen-bond acceptors (Lipinski definition) is 5. The average molecular weight is 432 g/mol. The first-order valence-corrected chi connectivity index (χ1v) is 10.4. The molecule has 0 aliphatic carbocycles. The number of ether oxygens (including phenoxy) is 1. The lowest BCUT2D eigenvalue weighted by molar-refractivity contribution is 0.0950. The minimum Gasteiger partial charge on any atom is -0.481 e. The first kappa shape index (κ1) is 20.6. The van der Waals surface area contributed by atoms with Crippen molar-refractivity contribution in [1.82, 2.24) is 10.3 Å². The van der Waals surface area contributed by atoms with Crippen LogP contribution in [-0.2, 0) is 16.6 Å². The number of methoxy groups -OCH3 is 1. The van der Waals surface area contributed by atoms with Gasteiger partial charge in [-0.2, -0.15) is 0 Å². The second-order valence-electron chi connectivity index (χ2n) is 6.04. The monoisotopic (exact) mass is 431 g/mol. The molecule has 3 aromatic rings. The zero-order chi connectivity index (χ0) is 20.9. The number of carbonyl (C=O) groups excluding carboxylic acids is 1. The molecule has 0 saturated heterocycles. The quantitative estimate of drug-likeness (QED) is 0.597. The fraction of sp³-hybridized carbons (Fsp3) is 0.100. The SMILES string of the molecule is COc1ccc(CNC(=O)c2cccc(S(=O)(=O)Nc3cccc(Cl)c3)c2)cn1. The largest absolute Gasteiger partial charge is 0.481 e. The maximum atomic E-state index is 12.6. The molecule has 0 aliphatic rings. The number of amides is 1. The summed E-state index contributed by atoms with van der Waals surface area (Å²) < 4.78 is 32.7. The van der Waals surface area contributed by atoms with Gasteiger partial charge in [0.2, 0.25) is 5.88 Å². The number of halogens is 1. The highest BCUT2D eigenvalue weighted by Crippen LogP contribution is 2.20. The van der Waals surface area contributed by atoms with E-state index >= 15 is 0 Å². The number of nitrogens with zero attached hydrogens (tertiary/aromatic N) is 1. The summed E-state index contributed by atoms with van der Waals surface area (Å²) in [6, 6.07) is 15.6. The fourth-order valence-corrected chi connectivity index (χ4v) is 3.78. The van der Waals surface area contributed by atoms with Crippen molar-refractivity contribution in [2.75, 3.05) is 11.8 Å². The van der Waals surface area contributed by atoms with Gasteiger partial charge in [0.25, 0.3) is 15.9 Å². The van der Waals surface area contributed by atoms with Crippen LogP contribution in [0.3, 0.4) is 0 Å². The van der Waals surface area contributed by atoms with Crippen molar-refractivity contribution in [2.45, 2.75) is 11.4 Å². The molecular formula is C20H18ClN3O4S. The van der Waals surface area contributed by atoms with Crippen molar-refractivity contribution in [3.8, 4) is 5.88 Å². The Balaban J connectivity index is 1.71. The van der Waals surface area contributed by atoms with Gasteiger partial charge >= 0.3 is 0 Å². The molecule has 0 unspecified atom stereocenters. The predicted molar refractivity (Wildman–Crippen MR) is 111 cm³/mol. The lowest BCUT2D eigenvalue weighted by Crippen LogP contribution is -2.23. The molecule has 1 aromatic heterocycles. The third kappa shape index (κ3) is 5.46. The highest BCUT2D eigenvalue weighted by atomic mass is 35.5. The van der Waals surface area contributed by atoms with Crippen LogP contribution in [0.1, 0.15) is 15.9 Å². The van der Waals surface area contributed by atoms with Crippen LogP contribution in [0.5, 0.6) is 5.88 Å². The van der Waals surface area contributed by atoms with Gasteiger partial charge in [-0.1, -0.05) is 29.8 Å². The van der Waals surface area contributed by atoms with Crippen molar-refractivity contribution in [3.63, 3.8) is 0 Å². The van der Waals surface area contributed by atoms with E-state index in [4.69, 9.17) is 16.3 Å². The summed E-state index contributed by atoms with van der Waals surface area (Å²) in [7, 11) is -2.35. The van der Waals surface area contributed by atoms with E-state index in [1.807, 2.05) is 0 Å². The first-order chi connectivity index (χ1) is 13.9. The molecule has 1 amide bonds. The van der Waals surface area contributed by atoms with Crippen molar-refractivity contribution in [1.29, 1.82) is 0 Å². The van der Waals surface area contributed by atoms with Crippen LogP contribution in [0.4, 0.5) is 5.69 Å². The summed E-state index contributed by atoms with van der Waals surface area (Å²) in [5.41, 5.74) is 1.34. The molecule has 0 bridgehead atoms. The number of hydrogen-bond donors (Lipinski definition) is 2. The summed E-state index contributed by atoms with van der Waals surface area (Å²) in [5.74, 6) is 0.0748. The predicted octanol–water partition coefficient (Wildman–Crippen LogP) is 3.47. The number of nitrogens with one attached hydrogen (secondary N) is 2. The maximum Gasteiger partial charge on any atom is 0.261 e. The molecule has 150 valence electrons. The van der Waals surface area contributed by atoms with Gasteiger partial charge in [0.1, 0.15) is 0 Å². The van der Waals surface area contributed by atoms with Crippen LogP contribution in [0.25, 0.3) is 0 Å². The van der Waals surface area contributed by atoms with E-state index in [2.05, 4.69) is 15.0 Å².